The highest BCUT2D eigenvalue weighted by Gasteiger charge is 2.43. The Morgan fingerprint density at radius 1 is 1.17 bits per heavy atom. The molecule has 0 spiro atoms. The van der Waals surface area contributed by atoms with Crippen LogP contribution in [0.2, 0.25) is 13.1 Å². The van der Waals surface area contributed by atoms with E-state index in [-0.39, 0.29) is 23.1 Å². The largest absolute Gasteiger partial charge is 0.550 e. The van der Waals surface area contributed by atoms with Gasteiger partial charge in [0, 0.05) is 17.2 Å². The summed E-state index contributed by atoms with van der Waals surface area (Å²) in [5, 5.41) is 11.2. The van der Waals surface area contributed by atoms with Gasteiger partial charge < -0.3 is 14.3 Å². The van der Waals surface area contributed by atoms with Crippen LogP contribution in [0.5, 0.6) is 0 Å². The molecule has 0 aromatic rings. The van der Waals surface area contributed by atoms with Crippen LogP contribution in [0.1, 0.15) is 85.5 Å². The molecule has 0 amide bonds. The molecule has 1 rings (SSSR count). The third-order valence-corrected chi connectivity index (χ3v) is 8.32. The Balaban J connectivity index is 3.14. The van der Waals surface area contributed by atoms with E-state index in [1.165, 1.54) is 38.1 Å². The van der Waals surface area contributed by atoms with Crippen LogP contribution in [0.25, 0.3) is 0 Å². The molecular weight excluding hydrogens is 476 g/mol. The number of thioether (sulfide) groups is 1. The van der Waals surface area contributed by atoms with Crippen LogP contribution < -0.4 is 0 Å². The highest BCUT2D eigenvalue weighted by molar-refractivity contribution is 8.03. The van der Waals surface area contributed by atoms with Gasteiger partial charge in [-0.25, -0.2) is 0 Å². The molecule has 202 valence electrons. The molecule has 0 radical (unpaired) electrons. The van der Waals surface area contributed by atoms with Gasteiger partial charge in [-0.1, -0.05) is 65.9 Å². The normalized spacial score (nSPS) is 20.7. The minimum atomic E-state index is -1.42. The predicted molar refractivity (Wildman–Crippen MR) is 150 cm³/mol. The lowest BCUT2D eigenvalue weighted by Crippen LogP contribution is -2.33. The van der Waals surface area contributed by atoms with Crippen molar-refractivity contribution in [3.8, 4) is 0 Å². The number of hydrogen-bond acceptors (Lipinski definition) is 6. The fourth-order valence-corrected chi connectivity index (χ4v) is 6.08. The van der Waals surface area contributed by atoms with E-state index in [2.05, 4.69) is 46.9 Å². The van der Waals surface area contributed by atoms with E-state index in [4.69, 9.17) is 9.16 Å². The Hall–Kier alpha value is -1.05. The number of allylic oxidation sites excluding steroid dienone is 3. The number of hydrogen-bond donors (Lipinski definition) is 1. The van der Waals surface area contributed by atoms with E-state index >= 15 is 0 Å². The lowest BCUT2D eigenvalue weighted by molar-refractivity contribution is -0.140. The van der Waals surface area contributed by atoms with Gasteiger partial charge in [-0.05, 0) is 56.0 Å². The molecular formula is C28H50O5SSi. The second-order valence-corrected chi connectivity index (χ2v) is 14.3. The Labute approximate surface area is 220 Å². The number of unbranched alkanes of at least 4 members (excludes halogenated alkanes) is 4. The van der Waals surface area contributed by atoms with Crippen molar-refractivity contribution in [3.05, 3.63) is 22.8 Å². The predicted octanol–water partition coefficient (Wildman–Crippen LogP) is 6.66. The van der Waals surface area contributed by atoms with Crippen LogP contribution >= 0.6 is 11.8 Å². The molecule has 0 heterocycles. The second kappa shape index (κ2) is 15.9. The Morgan fingerprint density at radius 2 is 1.83 bits per heavy atom. The number of carbonyl (C=O) groups excluding carboxylic acids is 2. The van der Waals surface area contributed by atoms with Gasteiger partial charge >= 0.3 is 5.97 Å². The maximum absolute atomic E-state index is 13.3. The number of carbonyl (C=O) groups is 2. The van der Waals surface area contributed by atoms with Crippen molar-refractivity contribution in [1.29, 1.82) is 0 Å². The number of aliphatic hydroxyl groups excluding tert-OH is 1. The molecule has 0 saturated heterocycles. The molecule has 0 saturated carbocycles. The zero-order valence-electron chi connectivity index (χ0n) is 23.4. The monoisotopic (exact) mass is 526 g/mol. The third kappa shape index (κ3) is 10.8. The Bertz CT molecular complexity index is 725. The summed E-state index contributed by atoms with van der Waals surface area (Å²) in [6, 6.07) is 0. The van der Waals surface area contributed by atoms with Crippen molar-refractivity contribution in [2.45, 2.75) is 105 Å². The molecule has 1 aliphatic carbocycles. The SMILES string of the molecule is CCCCCC(/C=C(\O[SiH](C)C)C1C=C(SC)C(=O)C1C(O)CCCCCC(=O)OC)C(C)(C)C. The molecule has 4 atom stereocenters. The molecule has 5 nitrogen and oxygen atoms in total. The van der Waals surface area contributed by atoms with Crippen LogP contribution in [0, 0.1) is 23.2 Å². The van der Waals surface area contributed by atoms with Crippen molar-refractivity contribution in [1.82, 2.24) is 0 Å². The molecule has 35 heavy (non-hydrogen) atoms. The van der Waals surface area contributed by atoms with Gasteiger partial charge in [-0.3, -0.25) is 9.59 Å². The lowest BCUT2D eigenvalue weighted by Gasteiger charge is -2.32. The summed E-state index contributed by atoms with van der Waals surface area (Å²) in [5.41, 5.74) is 0.0866. The molecule has 0 aromatic heterocycles. The van der Waals surface area contributed by atoms with Gasteiger partial charge in [0.05, 0.1) is 24.9 Å². The summed E-state index contributed by atoms with van der Waals surface area (Å²) in [7, 11) is -0.0265. The molecule has 4 unspecified atom stereocenters. The fraction of sp³-hybridized carbons (Fsp3) is 0.786. The number of rotatable bonds is 16. The molecule has 1 N–H and O–H groups in total. The first-order valence-electron chi connectivity index (χ1n) is 13.4. The van der Waals surface area contributed by atoms with Crippen LogP contribution in [-0.2, 0) is 18.8 Å². The smallest absolute Gasteiger partial charge is 0.305 e. The topological polar surface area (TPSA) is 72.8 Å². The van der Waals surface area contributed by atoms with E-state index in [0.29, 0.717) is 18.8 Å². The minimum Gasteiger partial charge on any atom is -0.550 e. The van der Waals surface area contributed by atoms with E-state index in [1.54, 1.807) is 0 Å². The first-order chi connectivity index (χ1) is 16.5. The summed E-state index contributed by atoms with van der Waals surface area (Å²) in [5.74, 6) is 0.324. The number of aliphatic hydroxyl groups is 1. The standard InChI is InChI=1S/C28H50O5SSi/c1-9-10-12-15-20(28(2,3)4)18-23(33-35(7)8)21-19-24(34-6)27(31)26(21)22(29)16-13-11-14-17-25(30)32-5/h18-22,26,29,35H,9-17H2,1-8H3/b23-18-. The number of ketones is 1. The van der Waals surface area contributed by atoms with Crippen molar-refractivity contribution in [3.63, 3.8) is 0 Å². The highest BCUT2D eigenvalue weighted by atomic mass is 32.2. The summed E-state index contributed by atoms with van der Waals surface area (Å²) in [6.45, 7) is 13.3. The lowest BCUT2D eigenvalue weighted by atomic mass is 9.76. The van der Waals surface area contributed by atoms with Crippen molar-refractivity contribution < 1.29 is 23.9 Å². The van der Waals surface area contributed by atoms with E-state index in [0.717, 1.165) is 36.3 Å². The van der Waals surface area contributed by atoms with Gasteiger partial charge in [0.1, 0.15) is 0 Å². The quantitative estimate of drug-likeness (QED) is 0.105. The van der Waals surface area contributed by atoms with Crippen LogP contribution in [0.3, 0.4) is 0 Å². The molecule has 0 fully saturated rings. The number of methoxy groups -OCH3 is 1. The minimum absolute atomic E-state index is 0.0303. The van der Waals surface area contributed by atoms with Crippen molar-refractivity contribution in [2.75, 3.05) is 13.4 Å². The Morgan fingerprint density at radius 3 is 2.37 bits per heavy atom. The average Bonchev–Trinajstić information content (AvgIpc) is 3.12. The first kappa shape index (κ1) is 32.0. The van der Waals surface area contributed by atoms with Crippen LogP contribution in [-0.4, -0.2) is 45.4 Å². The van der Waals surface area contributed by atoms with Crippen LogP contribution in [0.4, 0.5) is 0 Å². The van der Waals surface area contributed by atoms with Crippen LogP contribution in [0.15, 0.2) is 22.8 Å². The van der Waals surface area contributed by atoms with Gasteiger partial charge in [-0.15, -0.1) is 11.8 Å². The molecule has 0 aliphatic heterocycles. The molecule has 7 heteroatoms. The van der Waals surface area contributed by atoms with Gasteiger partial charge in [0.2, 0.25) is 9.04 Å². The van der Waals surface area contributed by atoms with E-state index in [1.807, 2.05) is 12.3 Å². The molecule has 1 aliphatic rings. The van der Waals surface area contributed by atoms with Gasteiger partial charge in [-0.2, -0.15) is 0 Å². The molecule has 0 bridgehead atoms. The summed E-state index contributed by atoms with van der Waals surface area (Å²) < 4.78 is 11.2. The number of Topliss-reactive ketones (excluding diaryl/α,β-unsaturated/α-hetero) is 1. The maximum atomic E-state index is 13.3. The average molecular weight is 527 g/mol. The van der Waals surface area contributed by atoms with Gasteiger partial charge in [0.25, 0.3) is 0 Å². The number of ether oxygens (including phenoxy) is 1. The Kier molecular flexibility index (Phi) is 14.6. The highest BCUT2D eigenvalue weighted by Crippen LogP contribution is 2.42. The zero-order valence-corrected chi connectivity index (χ0v) is 25.4. The third-order valence-electron chi connectivity index (χ3n) is 6.80. The number of esters is 1. The summed E-state index contributed by atoms with van der Waals surface area (Å²) in [4.78, 5) is 25.4. The maximum Gasteiger partial charge on any atom is 0.305 e. The fourth-order valence-electron chi connectivity index (χ4n) is 4.68. The zero-order chi connectivity index (χ0) is 26.6. The van der Waals surface area contributed by atoms with E-state index < -0.39 is 21.1 Å². The summed E-state index contributed by atoms with van der Waals surface area (Å²) in [6.07, 6.45) is 13.4. The molecule has 0 aromatic carbocycles. The van der Waals surface area contributed by atoms with Crippen molar-refractivity contribution in [2.24, 2.45) is 23.2 Å². The van der Waals surface area contributed by atoms with Gasteiger partial charge in [0.15, 0.2) is 5.78 Å². The summed E-state index contributed by atoms with van der Waals surface area (Å²) >= 11 is 1.46. The second-order valence-electron chi connectivity index (χ2n) is 11.1. The van der Waals surface area contributed by atoms with Crippen molar-refractivity contribution >= 4 is 32.6 Å². The first-order valence-corrected chi connectivity index (χ1v) is 17.4. The van der Waals surface area contributed by atoms with E-state index in [9.17, 15) is 14.7 Å².